The van der Waals surface area contributed by atoms with Crippen molar-refractivity contribution in [3.8, 4) is 5.75 Å². The van der Waals surface area contributed by atoms with E-state index in [9.17, 15) is 5.11 Å². The first-order chi connectivity index (χ1) is 8.79. The van der Waals surface area contributed by atoms with Crippen LogP contribution in [0.3, 0.4) is 0 Å². The molecule has 0 spiro atoms. The Morgan fingerprint density at radius 3 is 2.94 bits per heavy atom. The molecule has 100 valence electrons. The molecule has 1 aromatic carbocycles. The van der Waals surface area contributed by atoms with E-state index in [0.717, 1.165) is 38.0 Å². The van der Waals surface area contributed by atoms with Crippen LogP contribution >= 0.6 is 0 Å². The molecule has 0 amide bonds. The predicted octanol–water partition coefficient (Wildman–Crippen LogP) is 2.13. The van der Waals surface area contributed by atoms with Crippen molar-refractivity contribution in [3.05, 3.63) is 29.8 Å². The van der Waals surface area contributed by atoms with Crippen LogP contribution in [-0.2, 0) is 6.42 Å². The van der Waals surface area contributed by atoms with Crippen LogP contribution in [-0.4, -0.2) is 30.9 Å². The van der Waals surface area contributed by atoms with E-state index in [0.29, 0.717) is 0 Å². The van der Waals surface area contributed by atoms with Crippen molar-refractivity contribution in [3.63, 3.8) is 0 Å². The van der Waals surface area contributed by atoms with Crippen molar-refractivity contribution in [2.24, 2.45) is 0 Å². The molecule has 0 bridgehead atoms. The molecule has 1 fully saturated rings. The monoisotopic (exact) mass is 249 g/mol. The van der Waals surface area contributed by atoms with E-state index in [2.05, 4.69) is 17.4 Å². The van der Waals surface area contributed by atoms with Gasteiger partial charge in [0.05, 0.1) is 13.2 Å². The second-order valence-electron chi connectivity index (χ2n) is 5.01. The number of benzene rings is 1. The lowest BCUT2D eigenvalue weighted by atomic mass is 9.92. The summed E-state index contributed by atoms with van der Waals surface area (Å²) in [5, 5.41) is 13.3. The molecular weight excluding hydrogens is 226 g/mol. The molecule has 0 aliphatic heterocycles. The SMILES string of the molecule is COc1cccc(CCN[C@@H]2CCCC[C@H]2O)c1. The Kier molecular flexibility index (Phi) is 5.02. The Hall–Kier alpha value is -1.06. The predicted molar refractivity (Wildman–Crippen MR) is 73.0 cm³/mol. The Bertz CT molecular complexity index is 367. The van der Waals surface area contributed by atoms with Gasteiger partial charge in [-0.25, -0.2) is 0 Å². The van der Waals surface area contributed by atoms with Crippen molar-refractivity contribution in [1.29, 1.82) is 0 Å². The van der Waals surface area contributed by atoms with Gasteiger partial charge in [0.25, 0.3) is 0 Å². The van der Waals surface area contributed by atoms with Gasteiger partial charge >= 0.3 is 0 Å². The number of rotatable bonds is 5. The lowest BCUT2D eigenvalue weighted by Gasteiger charge is -2.28. The third-order valence-corrected chi connectivity index (χ3v) is 3.68. The van der Waals surface area contributed by atoms with Crippen molar-refractivity contribution in [2.75, 3.05) is 13.7 Å². The zero-order valence-corrected chi connectivity index (χ0v) is 11.1. The van der Waals surface area contributed by atoms with E-state index < -0.39 is 0 Å². The van der Waals surface area contributed by atoms with Crippen LogP contribution in [0.5, 0.6) is 5.75 Å². The summed E-state index contributed by atoms with van der Waals surface area (Å²) in [4.78, 5) is 0. The molecule has 2 atom stereocenters. The van der Waals surface area contributed by atoms with Crippen LogP contribution in [0, 0.1) is 0 Å². The number of methoxy groups -OCH3 is 1. The van der Waals surface area contributed by atoms with E-state index in [1.807, 2.05) is 12.1 Å². The average molecular weight is 249 g/mol. The number of ether oxygens (including phenoxy) is 1. The largest absolute Gasteiger partial charge is 0.497 e. The molecule has 18 heavy (non-hydrogen) atoms. The van der Waals surface area contributed by atoms with Gasteiger partial charge in [-0.3, -0.25) is 0 Å². The molecule has 1 aliphatic rings. The van der Waals surface area contributed by atoms with E-state index in [1.54, 1.807) is 7.11 Å². The number of hydrogen-bond donors (Lipinski definition) is 2. The fraction of sp³-hybridized carbons (Fsp3) is 0.600. The highest BCUT2D eigenvalue weighted by molar-refractivity contribution is 5.28. The molecule has 2 rings (SSSR count). The zero-order valence-electron chi connectivity index (χ0n) is 11.1. The van der Waals surface area contributed by atoms with Crippen LogP contribution in [0.25, 0.3) is 0 Å². The minimum absolute atomic E-state index is 0.163. The molecule has 1 saturated carbocycles. The Morgan fingerprint density at radius 1 is 1.33 bits per heavy atom. The summed E-state index contributed by atoms with van der Waals surface area (Å²) in [6.07, 6.45) is 5.24. The van der Waals surface area contributed by atoms with Gasteiger partial charge < -0.3 is 15.2 Å². The van der Waals surface area contributed by atoms with Gasteiger partial charge in [-0.2, -0.15) is 0 Å². The van der Waals surface area contributed by atoms with Crippen LogP contribution in [0.15, 0.2) is 24.3 Å². The maximum absolute atomic E-state index is 9.87. The van der Waals surface area contributed by atoms with E-state index >= 15 is 0 Å². The second-order valence-corrected chi connectivity index (χ2v) is 5.01. The van der Waals surface area contributed by atoms with Crippen LogP contribution < -0.4 is 10.1 Å². The number of nitrogens with one attached hydrogen (secondary N) is 1. The van der Waals surface area contributed by atoms with Crippen LogP contribution in [0.1, 0.15) is 31.2 Å². The highest BCUT2D eigenvalue weighted by Gasteiger charge is 2.21. The molecule has 0 heterocycles. The highest BCUT2D eigenvalue weighted by Crippen LogP contribution is 2.18. The molecule has 3 nitrogen and oxygen atoms in total. The molecular formula is C15H23NO2. The molecule has 3 heteroatoms. The van der Waals surface area contributed by atoms with E-state index in [-0.39, 0.29) is 12.1 Å². The van der Waals surface area contributed by atoms with Gasteiger partial charge in [0.2, 0.25) is 0 Å². The Balaban J connectivity index is 1.77. The Labute approximate surface area is 109 Å². The fourth-order valence-electron chi connectivity index (χ4n) is 2.58. The standard InChI is InChI=1S/C15H23NO2/c1-18-13-6-4-5-12(11-13)9-10-16-14-7-2-3-8-15(14)17/h4-6,11,14-17H,2-3,7-10H2,1H3/t14-,15-/m1/s1. The summed E-state index contributed by atoms with van der Waals surface area (Å²) in [6, 6.07) is 8.44. The smallest absolute Gasteiger partial charge is 0.119 e. The van der Waals surface area contributed by atoms with Crippen molar-refractivity contribution < 1.29 is 9.84 Å². The van der Waals surface area contributed by atoms with Gasteiger partial charge in [0.15, 0.2) is 0 Å². The first-order valence-corrected chi connectivity index (χ1v) is 6.84. The molecule has 2 N–H and O–H groups in total. The van der Waals surface area contributed by atoms with E-state index in [1.165, 1.54) is 12.0 Å². The van der Waals surface area contributed by atoms with Crippen molar-refractivity contribution in [2.45, 2.75) is 44.2 Å². The molecule has 0 saturated heterocycles. The molecule has 0 radical (unpaired) electrons. The zero-order chi connectivity index (χ0) is 12.8. The second kappa shape index (κ2) is 6.76. The third-order valence-electron chi connectivity index (χ3n) is 3.68. The number of aliphatic hydroxyl groups excluding tert-OH is 1. The summed E-state index contributed by atoms with van der Waals surface area (Å²) in [5.74, 6) is 0.908. The van der Waals surface area contributed by atoms with Gasteiger partial charge in [0.1, 0.15) is 5.75 Å². The minimum Gasteiger partial charge on any atom is -0.497 e. The summed E-state index contributed by atoms with van der Waals surface area (Å²) >= 11 is 0. The maximum Gasteiger partial charge on any atom is 0.119 e. The summed E-state index contributed by atoms with van der Waals surface area (Å²) in [6.45, 7) is 0.912. The van der Waals surface area contributed by atoms with Crippen molar-refractivity contribution >= 4 is 0 Å². The van der Waals surface area contributed by atoms with Crippen LogP contribution in [0.2, 0.25) is 0 Å². The topological polar surface area (TPSA) is 41.5 Å². The van der Waals surface area contributed by atoms with Gasteiger partial charge in [-0.05, 0) is 43.5 Å². The van der Waals surface area contributed by atoms with Gasteiger partial charge in [-0.15, -0.1) is 0 Å². The molecule has 1 aromatic rings. The first kappa shape index (κ1) is 13.4. The number of hydrogen-bond acceptors (Lipinski definition) is 3. The fourth-order valence-corrected chi connectivity index (χ4v) is 2.58. The van der Waals surface area contributed by atoms with Gasteiger partial charge in [0, 0.05) is 6.04 Å². The summed E-state index contributed by atoms with van der Waals surface area (Å²) in [5.41, 5.74) is 1.27. The average Bonchev–Trinajstić information content (AvgIpc) is 2.41. The lowest BCUT2D eigenvalue weighted by molar-refractivity contribution is 0.0914. The highest BCUT2D eigenvalue weighted by atomic mass is 16.5. The molecule has 0 aromatic heterocycles. The molecule has 0 unspecified atom stereocenters. The lowest BCUT2D eigenvalue weighted by Crippen LogP contribution is -2.42. The van der Waals surface area contributed by atoms with Gasteiger partial charge in [-0.1, -0.05) is 25.0 Å². The Morgan fingerprint density at radius 2 is 2.17 bits per heavy atom. The van der Waals surface area contributed by atoms with Crippen LogP contribution in [0.4, 0.5) is 0 Å². The molecule has 1 aliphatic carbocycles. The third kappa shape index (κ3) is 3.72. The number of aliphatic hydroxyl groups is 1. The quantitative estimate of drug-likeness (QED) is 0.840. The maximum atomic E-state index is 9.87. The first-order valence-electron chi connectivity index (χ1n) is 6.84. The van der Waals surface area contributed by atoms with E-state index in [4.69, 9.17) is 4.74 Å². The van der Waals surface area contributed by atoms with Crippen molar-refractivity contribution in [1.82, 2.24) is 5.32 Å². The summed E-state index contributed by atoms with van der Waals surface area (Å²) < 4.78 is 5.21. The normalized spacial score (nSPS) is 23.9. The minimum atomic E-state index is -0.163. The summed E-state index contributed by atoms with van der Waals surface area (Å²) in [7, 11) is 1.69.